The second-order valence-corrected chi connectivity index (χ2v) is 5.20. The van der Waals surface area contributed by atoms with E-state index in [0.717, 1.165) is 5.75 Å². The van der Waals surface area contributed by atoms with Crippen LogP contribution in [0.5, 0.6) is 5.75 Å². The zero-order valence-corrected chi connectivity index (χ0v) is 11.7. The lowest BCUT2D eigenvalue weighted by atomic mass is 10.1. The summed E-state index contributed by atoms with van der Waals surface area (Å²) in [5.74, 6) is 0.731. The zero-order valence-electron chi connectivity index (χ0n) is 10.1. The van der Waals surface area contributed by atoms with Crippen molar-refractivity contribution in [3.63, 3.8) is 0 Å². The molecule has 0 bridgehead atoms. The number of aromatic hydroxyl groups is 1. The molecule has 0 heterocycles. The van der Waals surface area contributed by atoms with Gasteiger partial charge in [0.2, 0.25) is 0 Å². The van der Waals surface area contributed by atoms with Gasteiger partial charge in [0.1, 0.15) is 5.75 Å². The van der Waals surface area contributed by atoms with E-state index in [0.29, 0.717) is 10.6 Å². The number of carbonyl (C=O) groups is 1. The number of benzene rings is 1. The van der Waals surface area contributed by atoms with Crippen molar-refractivity contribution in [1.82, 2.24) is 4.90 Å². The van der Waals surface area contributed by atoms with Crippen molar-refractivity contribution in [2.24, 2.45) is 0 Å². The smallest absolute Gasteiger partial charge is 0.255 e. The van der Waals surface area contributed by atoms with Crippen LogP contribution < -0.4 is 0 Å². The Balaban J connectivity index is 2.92. The maximum atomic E-state index is 12.2. The molecule has 0 radical (unpaired) electrons. The first-order valence-electron chi connectivity index (χ1n) is 5.22. The average Bonchev–Trinajstić information content (AvgIpc) is 2.30. The zero-order chi connectivity index (χ0) is 13.0. The van der Waals surface area contributed by atoms with E-state index in [-0.39, 0.29) is 17.7 Å². The molecule has 94 valence electrons. The molecule has 0 spiro atoms. The number of halogens is 1. The van der Waals surface area contributed by atoms with Crippen LogP contribution in [0.3, 0.4) is 0 Å². The van der Waals surface area contributed by atoms with E-state index in [1.807, 2.05) is 13.2 Å². The number of amides is 1. The highest BCUT2D eigenvalue weighted by Crippen LogP contribution is 2.23. The van der Waals surface area contributed by atoms with Gasteiger partial charge in [-0.15, -0.1) is 0 Å². The van der Waals surface area contributed by atoms with Crippen molar-refractivity contribution < 1.29 is 9.90 Å². The monoisotopic (exact) mass is 273 g/mol. The first-order valence-corrected chi connectivity index (χ1v) is 6.99. The van der Waals surface area contributed by atoms with Crippen molar-refractivity contribution in [1.29, 1.82) is 0 Å². The van der Waals surface area contributed by atoms with Gasteiger partial charge in [0.15, 0.2) is 0 Å². The number of thioether (sulfide) groups is 1. The summed E-state index contributed by atoms with van der Waals surface area (Å²) in [5, 5.41) is 9.73. The molecule has 17 heavy (non-hydrogen) atoms. The molecule has 0 aliphatic rings. The molecule has 1 rings (SSSR count). The first-order chi connectivity index (χ1) is 7.97. The van der Waals surface area contributed by atoms with Gasteiger partial charge in [0, 0.05) is 18.8 Å². The second-order valence-electron chi connectivity index (χ2n) is 3.88. The SMILES string of the molecule is CSCC(C)N(C)C(=O)c1cc(O)ccc1Cl. The van der Waals surface area contributed by atoms with E-state index in [1.54, 1.807) is 23.7 Å². The normalized spacial score (nSPS) is 12.2. The average molecular weight is 274 g/mol. The molecular weight excluding hydrogens is 258 g/mol. The number of hydrogen-bond acceptors (Lipinski definition) is 3. The fourth-order valence-corrected chi connectivity index (χ4v) is 2.32. The van der Waals surface area contributed by atoms with Crippen LogP contribution in [-0.2, 0) is 0 Å². The summed E-state index contributed by atoms with van der Waals surface area (Å²) in [6.45, 7) is 1.98. The molecule has 0 fully saturated rings. The standard InChI is InChI=1S/C12H16ClNO2S/c1-8(7-17-3)14(2)12(16)10-6-9(15)4-5-11(10)13/h4-6,8,15H,7H2,1-3H3. The van der Waals surface area contributed by atoms with Crippen LogP contribution in [0.2, 0.25) is 5.02 Å². The first kappa shape index (κ1) is 14.2. The van der Waals surface area contributed by atoms with Crippen molar-refractivity contribution in [2.45, 2.75) is 13.0 Å². The molecule has 0 aliphatic heterocycles. The van der Waals surface area contributed by atoms with Gasteiger partial charge in [-0.1, -0.05) is 11.6 Å². The van der Waals surface area contributed by atoms with Crippen molar-refractivity contribution in [3.05, 3.63) is 28.8 Å². The summed E-state index contributed by atoms with van der Waals surface area (Å²) in [7, 11) is 1.74. The summed E-state index contributed by atoms with van der Waals surface area (Å²) >= 11 is 7.63. The minimum Gasteiger partial charge on any atom is -0.508 e. The van der Waals surface area contributed by atoms with Gasteiger partial charge >= 0.3 is 0 Å². The fraction of sp³-hybridized carbons (Fsp3) is 0.417. The highest BCUT2D eigenvalue weighted by molar-refractivity contribution is 7.98. The fourth-order valence-electron chi connectivity index (χ4n) is 1.42. The predicted molar refractivity (Wildman–Crippen MR) is 73.1 cm³/mol. The van der Waals surface area contributed by atoms with Gasteiger partial charge in [-0.3, -0.25) is 4.79 Å². The van der Waals surface area contributed by atoms with Gasteiger partial charge < -0.3 is 10.0 Å². The summed E-state index contributed by atoms with van der Waals surface area (Å²) in [4.78, 5) is 13.8. The van der Waals surface area contributed by atoms with Gasteiger partial charge in [-0.2, -0.15) is 11.8 Å². The van der Waals surface area contributed by atoms with Crippen LogP contribution >= 0.6 is 23.4 Å². The van der Waals surface area contributed by atoms with E-state index in [2.05, 4.69) is 0 Å². The van der Waals surface area contributed by atoms with Crippen LogP contribution in [0.25, 0.3) is 0 Å². The molecule has 1 unspecified atom stereocenters. The highest BCUT2D eigenvalue weighted by Gasteiger charge is 2.19. The Bertz CT molecular complexity index is 411. The Labute approximate surface area is 111 Å². The predicted octanol–water partition coefficient (Wildman–Crippen LogP) is 2.87. The van der Waals surface area contributed by atoms with Gasteiger partial charge in [0.25, 0.3) is 5.91 Å². The lowest BCUT2D eigenvalue weighted by Crippen LogP contribution is -2.36. The van der Waals surface area contributed by atoms with Crippen LogP contribution in [-0.4, -0.2) is 41.0 Å². The number of hydrogen-bond donors (Lipinski definition) is 1. The molecule has 3 nitrogen and oxygen atoms in total. The topological polar surface area (TPSA) is 40.5 Å². The molecule has 0 saturated carbocycles. The molecule has 0 aliphatic carbocycles. The summed E-state index contributed by atoms with van der Waals surface area (Å²) < 4.78 is 0. The maximum Gasteiger partial charge on any atom is 0.255 e. The van der Waals surface area contributed by atoms with Crippen molar-refractivity contribution >= 4 is 29.3 Å². The van der Waals surface area contributed by atoms with Crippen LogP contribution in [0.1, 0.15) is 17.3 Å². The molecule has 0 saturated heterocycles. The van der Waals surface area contributed by atoms with Gasteiger partial charge in [-0.25, -0.2) is 0 Å². The van der Waals surface area contributed by atoms with E-state index < -0.39 is 0 Å². The molecule has 1 aromatic rings. The van der Waals surface area contributed by atoms with E-state index in [1.165, 1.54) is 18.2 Å². The third-order valence-electron chi connectivity index (χ3n) is 2.57. The summed E-state index contributed by atoms with van der Waals surface area (Å²) in [6.07, 6.45) is 2.00. The minimum atomic E-state index is -0.174. The van der Waals surface area contributed by atoms with Gasteiger partial charge in [0.05, 0.1) is 10.6 Å². The van der Waals surface area contributed by atoms with Crippen molar-refractivity contribution in [3.8, 4) is 5.75 Å². The number of phenolic OH excluding ortho intramolecular Hbond substituents is 1. The quantitative estimate of drug-likeness (QED) is 0.917. The largest absolute Gasteiger partial charge is 0.508 e. The highest BCUT2D eigenvalue weighted by atomic mass is 35.5. The Kier molecular flexibility index (Phi) is 5.15. The van der Waals surface area contributed by atoms with Crippen LogP contribution in [0.15, 0.2) is 18.2 Å². The molecular formula is C12H16ClNO2S. The van der Waals surface area contributed by atoms with Gasteiger partial charge in [-0.05, 0) is 31.4 Å². The third-order valence-corrected chi connectivity index (χ3v) is 3.72. The molecule has 1 amide bonds. The number of phenols is 1. The van der Waals surface area contributed by atoms with E-state index in [4.69, 9.17) is 11.6 Å². The van der Waals surface area contributed by atoms with Crippen LogP contribution in [0.4, 0.5) is 0 Å². The Morgan fingerprint density at radius 2 is 2.24 bits per heavy atom. The maximum absolute atomic E-state index is 12.2. The number of rotatable bonds is 4. The van der Waals surface area contributed by atoms with Crippen molar-refractivity contribution in [2.75, 3.05) is 19.1 Å². The number of carbonyl (C=O) groups excluding carboxylic acids is 1. The molecule has 1 N–H and O–H groups in total. The Hall–Kier alpha value is -0.870. The lowest BCUT2D eigenvalue weighted by Gasteiger charge is -2.24. The third kappa shape index (κ3) is 3.54. The summed E-state index contributed by atoms with van der Waals surface area (Å²) in [5.41, 5.74) is 0.335. The molecule has 1 aromatic carbocycles. The van der Waals surface area contributed by atoms with Crippen LogP contribution in [0, 0.1) is 0 Å². The number of nitrogens with zero attached hydrogens (tertiary/aromatic N) is 1. The Morgan fingerprint density at radius 3 is 2.82 bits per heavy atom. The molecule has 1 atom stereocenters. The van der Waals surface area contributed by atoms with E-state index >= 15 is 0 Å². The summed E-state index contributed by atoms with van der Waals surface area (Å²) in [6, 6.07) is 4.50. The minimum absolute atomic E-state index is 0.0451. The molecule has 5 heteroatoms. The lowest BCUT2D eigenvalue weighted by molar-refractivity contribution is 0.0757. The Morgan fingerprint density at radius 1 is 1.59 bits per heavy atom. The second kappa shape index (κ2) is 6.17. The van der Waals surface area contributed by atoms with E-state index in [9.17, 15) is 9.90 Å². The molecule has 0 aromatic heterocycles.